The Labute approximate surface area is 77.7 Å². The number of anilines is 1. The maximum Gasteiger partial charge on any atom is 0.150 e. The molecule has 3 heteroatoms. The number of benzene rings is 1. The predicted molar refractivity (Wildman–Crippen MR) is 53.2 cm³/mol. The lowest BCUT2D eigenvalue weighted by Gasteiger charge is -2.11. The molecule has 0 aliphatic carbocycles. The Hall–Kier alpha value is -1.35. The Morgan fingerprint density at radius 3 is 2.54 bits per heavy atom. The van der Waals surface area contributed by atoms with Gasteiger partial charge in [0.05, 0.1) is 6.04 Å². The molecule has 0 radical (unpaired) electrons. The number of nitrogens with two attached hydrogens (primary N) is 2. The number of nitrogen functional groups attached to an aromatic ring is 1. The van der Waals surface area contributed by atoms with Crippen LogP contribution in [-0.2, 0) is 4.79 Å². The van der Waals surface area contributed by atoms with Gasteiger partial charge in [-0.1, -0.05) is 6.07 Å². The zero-order valence-electron chi connectivity index (χ0n) is 7.87. The van der Waals surface area contributed by atoms with Crippen LogP contribution in [0.3, 0.4) is 0 Å². The molecule has 4 N–H and O–H groups in total. The van der Waals surface area contributed by atoms with Gasteiger partial charge in [0, 0.05) is 5.69 Å². The van der Waals surface area contributed by atoms with Gasteiger partial charge in [-0.3, -0.25) is 4.79 Å². The first-order chi connectivity index (χ1) is 6.02. The molecule has 3 nitrogen and oxygen atoms in total. The minimum Gasteiger partial charge on any atom is -0.399 e. The summed E-state index contributed by atoms with van der Waals surface area (Å²) < 4.78 is 0. The van der Waals surface area contributed by atoms with Gasteiger partial charge in [-0.15, -0.1) is 0 Å². The topological polar surface area (TPSA) is 69.1 Å². The normalized spacial score (nSPS) is 12.5. The largest absolute Gasteiger partial charge is 0.399 e. The van der Waals surface area contributed by atoms with Crippen LogP contribution in [0, 0.1) is 6.92 Å². The van der Waals surface area contributed by atoms with Gasteiger partial charge in [0.15, 0.2) is 5.78 Å². The number of ketones is 1. The number of Topliss-reactive ketones (excluding diaryl/α,β-unsaturated/α-hetero) is 1. The van der Waals surface area contributed by atoms with E-state index < -0.39 is 6.04 Å². The monoisotopic (exact) mass is 178 g/mol. The van der Waals surface area contributed by atoms with Crippen LogP contribution >= 0.6 is 0 Å². The van der Waals surface area contributed by atoms with Crippen molar-refractivity contribution in [3.05, 3.63) is 29.3 Å². The van der Waals surface area contributed by atoms with Gasteiger partial charge in [-0.2, -0.15) is 0 Å². The van der Waals surface area contributed by atoms with E-state index in [9.17, 15) is 4.79 Å². The van der Waals surface area contributed by atoms with E-state index in [1.807, 2.05) is 13.0 Å². The molecule has 0 amide bonds. The van der Waals surface area contributed by atoms with Crippen molar-refractivity contribution in [1.29, 1.82) is 0 Å². The van der Waals surface area contributed by atoms with E-state index in [1.165, 1.54) is 6.92 Å². The van der Waals surface area contributed by atoms with Gasteiger partial charge in [0.1, 0.15) is 0 Å². The van der Waals surface area contributed by atoms with Gasteiger partial charge in [0.2, 0.25) is 0 Å². The molecular weight excluding hydrogens is 164 g/mol. The Morgan fingerprint density at radius 1 is 1.46 bits per heavy atom. The Morgan fingerprint density at radius 2 is 2.08 bits per heavy atom. The van der Waals surface area contributed by atoms with Crippen LogP contribution in [0.2, 0.25) is 0 Å². The fourth-order valence-corrected chi connectivity index (χ4v) is 1.27. The van der Waals surface area contributed by atoms with Crippen molar-refractivity contribution in [2.75, 3.05) is 5.73 Å². The molecule has 0 aliphatic heterocycles. The van der Waals surface area contributed by atoms with Crippen LogP contribution in [0.15, 0.2) is 18.2 Å². The number of aryl methyl sites for hydroxylation is 1. The number of rotatable bonds is 2. The standard InChI is InChI=1S/C10H14N2O/c1-6-5-8(11)3-4-9(6)10(12)7(2)13/h3-5,10H,11-12H2,1-2H3. The van der Waals surface area contributed by atoms with Gasteiger partial charge < -0.3 is 11.5 Å². The van der Waals surface area contributed by atoms with Gasteiger partial charge in [-0.25, -0.2) is 0 Å². The van der Waals surface area contributed by atoms with E-state index in [4.69, 9.17) is 11.5 Å². The quantitative estimate of drug-likeness (QED) is 0.668. The van der Waals surface area contributed by atoms with E-state index in [0.717, 1.165) is 11.1 Å². The predicted octanol–water partition coefficient (Wildman–Crippen LogP) is 1.17. The van der Waals surface area contributed by atoms with Gasteiger partial charge >= 0.3 is 0 Å². The third kappa shape index (κ3) is 2.06. The van der Waals surface area contributed by atoms with Gasteiger partial charge in [-0.05, 0) is 37.1 Å². The first kappa shape index (κ1) is 9.74. The maximum atomic E-state index is 11.0. The van der Waals surface area contributed by atoms with Crippen LogP contribution in [0.4, 0.5) is 5.69 Å². The SMILES string of the molecule is CC(=O)C(N)c1ccc(N)cc1C. The lowest BCUT2D eigenvalue weighted by molar-refractivity contribution is -0.118. The molecule has 0 bridgehead atoms. The summed E-state index contributed by atoms with van der Waals surface area (Å²) in [5.41, 5.74) is 13.8. The molecule has 0 saturated carbocycles. The molecular formula is C10H14N2O. The molecule has 0 aliphatic rings. The molecule has 1 aromatic rings. The zero-order valence-corrected chi connectivity index (χ0v) is 7.87. The minimum atomic E-state index is -0.527. The molecule has 0 heterocycles. The van der Waals surface area contributed by atoms with Crippen LogP contribution in [0.1, 0.15) is 24.1 Å². The lowest BCUT2D eigenvalue weighted by Crippen LogP contribution is -2.19. The average molecular weight is 178 g/mol. The average Bonchev–Trinajstić information content (AvgIpc) is 2.03. The number of carbonyl (C=O) groups excluding carboxylic acids is 1. The molecule has 1 atom stereocenters. The number of hydrogen-bond donors (Lipinski definition) is 2. The molecule has 0 saturated heterocycles. The lowest BCUT2D eigenvalue weighted by atomic mass is 9.99. The number of carbonyl (C=O) groups is 1. The molecule has 1 rings (SSSR count). The highest BCUT2D eigenvalue weighted by Crippen LogP contribution is 2.18. The first-order valence-electron chi connectivity index (χ1n) is 4.14. The zero-order chi connectivity index (χ0) is 10.0. The fourth-order valence-electron chi connectivity index (χ4n) is 1.27. The highest BCUT2D eigenvalue weighted by Gasteiger charge is 2.12. The van der Waals surface area contributed by atoms with E-state index >= 15 is 0 Å². The second kappa shape index (κ2) is 3.58. The summed E-state index contributed by atoms with van der Waals surface area (Å²) in [6, 6.07) is 4.85. The van der Waals surface area contributed by atoms with Crippen molar-refractivity contribution in [2.24, 2.45) is 5.73 Å². The number of hydrogen-bond acceptors (Lipinski definition) is 3. The third-order valence-electron chi connectivity index (χ3n) is 2.07. The van der Waals surface area contributed by atoms with Crippen molar-refractivity contribution in [1.82, 2.24) is 0 Å². The highest BCUT2D eigenvalue weighted by molar-refractivity contribution is 5.83. The third-order valence-corrected chi connectivity index (χ3v) is 2.07. The van der Waals surface area contributed by atoms with Crippen LogP contribution in [0.5, 0.6) is 0 Å². The van der Waals surface area contributed by atoms with E-state index in [2.05, 4.69) is 0 Å². The summed E-state index contributed by atoms with van der Waals surface area (Å²) in [4.78, 5) is 11.0. The smallest absolute Gasteiger partial charge is 0.150 e. The second-order valence-corrected chi connectivity index (χ2v) is 3.20. The van der Waals surface area contributed by atoms with Crippen LogP contribution < -0.4 is 11.5 Å². The highest BCUT2D eigenvalue weighted by atomic mass is 16.1. The van der Waals surface area contributed by atoms with E-state index in [0.29, 0.717) is 5.69 Å². The van der Waals surface area contributed by atoms with E-state index in [1.54, 1.807) is 12.1 Å². The van der Waals surface area contributed by atoms with Gasteiger partial charge in [0.25, 0.3) is 0 Å². The van der Waals surface area contributed by atoms with Crippen molar-refractivity contribution in [3.8, 4) is 0 Å². The van der Waals surface area contributed by atoms with Crippen molar-refractivity contribution < 1.29 is 4.79 Å². The summed E-state index contributed by atoms with van der Waals surface area (Å²) in [6.07, 6.45) is 0. The maximum absolute atomic E-state index is 11.0. The van der Waals surface area contributed by atoms with Crippen molar-refractivity contribution in [2.45, 2.75) is 19.9 Å². The Kier molecular flexibility index (Phi) is 2.68. The molecule has 0 fully saturated rings. The van der Waals surface area contributed by atoms with E-state index in [-0.39, 0.29) is 5.78 Å². The van der Waals surface area contributed by atoms with Crippen LogP contribution in [-0.4, -0.2) is 5.78 Å². The van der Waals surface area contributed by atoms with Crippen molar-refractivity contribution in [3.63, 3.8) is 0 Å². The minimum absolute atomic E-state index is 0.0344. The molecule has 13 heavy (non-hydrogen) atoms. The molecule has 0 aromatic heterocycles. The summed E-state index contributed by atoms with van der Waals surface area (Å²) in [7, 11) is 0. The summed E-state index contributed by atoms with van der Waals surface area (Å²) >= 11 is 0. The first-order valence-corrected chi connectivity index (χ1v) is 4.14. The summed E-state index contributed by atoms with van der Waals surface area (Å²) in [5, 5.41) is 0. The second-order valence-electron chi connectivity index (χ2n) is 3.20. The Bertz CT molecular complexity index is 334. The fraction of sp³-hybridized carbons (Fsp3) is 0.300. The molecule has 0 spiro atoms. The molecule has 70 valence electrons. The Balaban J connectivity index is 3.08. The summed E-state index contributed by atoms with van der Waals surface area (Å²) in [6.45, 7) is 3.38. The molecule has 1 unspecified atom stereocenters. The van der Waals surface area contributed by atoms with Crippen LogP contribution in [0.25, 0.3) is 0 Å². The van der Waals surface area contributed by atoms with Crippen molar-refractivity contribution >= 4 is 11.5 Å². The molecule has 1 aromatic carbocycles. The summed E-state index contributed by atoms with van der Waals surface area (Å²) in [5.74, 6) is -0.0344.